The number of hydrogen-bond donors (Lipinski definition) is 0. The van der Waals surface area contributed by atoms with Gasteiger partial charge in [0, 0.05) is 25.1 Å². The van der Waals surface area contributed by atoms with Gasteiger partial charge < -0.3 is 4.74 Å². The predicted molar refractivity (Wildman–Crippen MR) is 86.1 cm³/mol. The number of fused-ring (bicyclic) bond motifs is 1. The maximum Gasteiger partial charge on any atom is 0.262 e. The predicted octanol–water partition coefficient (Wildman–Crippen LogP) is 2.67. The monoisotopic (exact) mass is 323 g/mol. The summed E-state index contributed by atoms with van der Waals surface area (Å²) >= 11 is 2.86. The normalized spacial score (nSPS) is 10.9. The van der Waals surface area contributed by atoms with Crippen molar-refractivity contribution in [3.63, 3.8) is 0 Å². The zero-order chi connectivity index (χ0) is 15.2. The van der Waals surface area contributed by atoms with E-state index in [-0.39, 0.29) is 11.3 Å². The number of nitriles is 1. The fourth-order valence-corrected chi connectivity index (χ4v) is 3.69. The van der Waals surface area contributed by atoms with Crippen molar-refractivity contribution in [2.45, 2.75) is 31.5 Å². The number of methoxy groups -OCH3 is 1. The molecule has 0 spiro atoms. The molecule has 112 valence electrons. The van der Waals surface area contributed by atoms with Gasteiger partial charge in [-0.25, -0.2) is 4.98 Å². The number of nitrogens with zero attached hydrogens (tertiary/aromatic N) is 3. The molecule has 0 unspecified atom stereocenters. The molecule has 0 N–H and O–H groups in total. The van der Waals surface area contributed by atoms with Crippen LogP contribution in [0.4, 0.5) is 0 Å². The first-order chi connectivity index (χ1) is 10.2. The zero-order valence-electron chi connectivity index (χ0n) is 12.1. The summed E-state index contributed by atoms with van der Waals surface area (Å²) in [6.45, 7) is 3.21. The highest BCUT2D eigenvalue weighted by molar-refractivity contribution is 7.99. The molecule has 0 aromatic carbocycles. The van der Waals surface area contributed by atoms with Crippen molar-refractivity contribution in [1.82, 2.24) is 9.55 Å². The maximum absolute atomic E-state index is 12.6. The summed E-state index contributed by atoms with van der Waals surface area (Å²) in [4.78, 5) is 19.1. The number of rotatable bonds is 7. The molecule has 0 saturated heterocycles. The minimum absolute atomic E-state index is 0.0208. The van der Waals surface area contributed by atoms with Crippen LogP contribution in [0.3, 0.4) is 0 Å². The van der Waals surface area contributed by atoms with E-state index >= 15 is 0 Å². The Bertz CT molecular complexity index is 715. The smallest absolute Gasteiger partial charge is 0.262 e. The molecular weight excluding hydrogens is 306 g/mol. The average molecular weight is 323 g/mol. The Balaban J connectivity index is 2.47. The number of thioether (sulfide) groups is 1. The van der Waals surface area contributed by atoms with Gasteiger partial charge in [0.05, 0.1) is 17.2 Å². The van der Waals surface area contributed by atoms with Gasteiger partial charge in [-0.15, -0.1) is 11.3 Å². The van der Waals surface area contributed by atoms with Crippen molar-refractivity contribution in [3.8, 4) is 6.07 Å². The Hall–Kier alpha value is -1.36. The summed E-state index contributed by atoms with van der Waals surface area (Å²) in [5.41, 5.74) is -0.0208. The van der Waals surface area contributed by atoms with Gasteiger partial charge >= 0.3 is 0 Å². The molecule has 0 bridgehead atoms. The van der Waals surface area contributed by atoms with Crippen molar-refractivity contribution < 1.29 is 4.74 Å². The minimum atomic E-state index is -0.0208. The third-order valence-corrected chi connectivity index (χ3v) is 5.03. The molecule has 7 heteroatoms. The number of ether oxygens (including phenoxy) is 1. The van der Waals surface area contributed by atoms with E-state index in [1.54, 1.807) is 23.0 Å². The Morgan fingerprint density at radius 2 is 2.38 bits per heavy atom. The molecule has 0 radical (unpaired) electrons. The third-order valence-electron chi connectivity index (χ3n) is 3.01. The molecular formula is C14H17N3O2S2. The first-order valence-electron chi connectivity index (χ1n) is 6.73. The van der Waals surface area contributed by atoms with Crippen LogP contribution in [0.25, 0.3) is 10.2 Å². The van der Waals surface area contributed by atoms with E-state index in [9.17, 15) is 4.79 Å². The summed E-state index contributed by atoms with van der Waals surface area (Å²) in [6.07, 6.45) is 1.64. The highest BCUT2D eigenvalue weighted by Crippen LogP contribution is 2.25. The number of thiophene rings is 1. The molecule has 0 aliphatic rings. The minimum Gasteiger partial charge on any atom is -0.385 e. The van der Waals surface area contributed by atoms with Gasteiger partial charge in [0.1, 0.15) is 4.83 Å². The fourth-order valence-electron chi connectivity index (χ4n) is 1.99. The van der Waals surface area contributed by atoms with Gasteiger partial charge in [0.15, 0.2) is 5.16 Å². The van der Waals surface area contributed by atoms with E-state index in [4.69, 9.17) is 10.00 Å². The second kappa shape index (κ2) is 7.59. The zero-order valence-corrected chi connectivity index (χ0v) is 13.7. The highest BCUT2D eigenvalue weighted by Gasteiger charge is 2.14. The number of aromatic nitrogens is 2. The summed E-state index contributed by atoms with van der Waals surface area (Å²) in [5, 5.41) is 10.1. The van der Waals surface area contributed by atoms with E-state index < -0.39 is 0 Å². The average Bonchev–Trinajstić information content (AvgIpc) is 2.91. The standard InChI is InChI=1S/C14H17N3O2S2/c1-3-10-9-11-12(21-10)16-14(20-8-5-15)17(13(11)18)6-4-7-19-2/h9H,3-4,6-8H2,1-2H3. The summed E-state index contributed by atoms with van der Waals surface area (Å²) in [6, 6.07) is 4.01. The van der Waals surface area contributed by atoms with Crippen molar-refractivity contribution in [1.29, 1.82) is 5.26 Å². The second-order valence-corrected chi connectivity index (χ2v) is 6.49. The molecule has 2 rings (SSSR count). The van der Waals surface area contributed by atoms with E-state index in [0.717, 1.165) is 22.5 Å². The van der Waals surface area contributed by atoms with E-state index in [0.29, 0.717) is 23.7 Å². The molecule has 0 saturated carbocycles. The summed E-state index contributed by atoms with van der Waals surface area (Å²) in [7, 11) is 1.64. The molecule has 0 fully saturated rings. The Morgan fingerprint density at radius 3 is 3.05 bits per heavy atom. The van der Waals surface area contributed by atoms with Gasteiger partial charge in [0.25, 0.3) is 5.56 Å². The van der Waals surface area contributed by atoms with Gasteiger partial charge in [-0.3, -0.25) is 9.36 Å². The fraction of sp³-hybridized carbons (Fsp3) is 0.500. The van der Waals surface area contributed by atoms with Crippen LogP contribution in [0.1, 0.15) is 18.2 Å². The Labute approximate surface area is 131 Å². The first kappa shape index (κ1) is 16.0. The van der Waals surface area contributed by atoms with Crippen LogP contribution in [-0.2, 0) is 17.7 Å². The van der Waals surface area contributed by atoms with Crippen molar-refractivity contribution in [2.24, 2.45) is 0 Å². The van der Waals surface area contributed by atoms with Crippen LogP contribution in [0.2, 0.25) is 0 Å². The Kier molecular flexibility index (Phi) is 5.79. The lowest BCUT2D eigenvalue weighted by Crippen LogP contribution is -2.23. The first-order valence-corrected chi connectivity index (χ1v) is 8.53. The van der Waals surface area contributed by atoms with Crippen LogP contribution in [0.15, 0.2) is 16.0 Å². The lowest BCUT2D eigenvalue weighted by molar-refractivity contribution is 0.189. The van der Waals surface area contributed by atoms with Crippen molar-refractivity contribution in [2.75, 3.05) is 19.5 Å². The lowest BCUT2D eigenvalue weighted by Gasteiger charge is -2.10. The van der Waals surface area contributed by atoms with Crippen LogP contribution < -0.4 is 5.56 Å². The molecule has 0 aliphatic carbocycles. The molecule has 5 nitrogen and oxygen atoms in total. The molecule has 2 aromatic rings. The SMILES string of the molecule is CCc1cc2c(=O)n(CCCOC)c(SCC#N)nc2s1. The largest absolute Gasteiger partial charge is 0.385 e. The van der Waals surface area contributed by atoms with Gasteiger partial charge in [0.2, 0.25) is 0 Å². The molecule has 21 heavy (non-hydrogen) atoms. The second-order valence-electron chi connectivity index (χ2n) is 4.43. The lowest BCUT2D eigenvalue weighted by atomic mass is 10.3. The quantitative estimate of drug-likeness (QED) is 0.445. The summed E-state index contributed by atoms with van der Waals surface area (Å²) < 4.78 is 6.70. The van der Waals surface area contributed by atoms with Crippen LogP contribution in [-0.4, -0.2) is 29.0 Å². The van der Waals surface area contributed by atoms with E-state index in [1.165, 1.54) is 11.8 Å². The highest BCUT2D eigenvalue weighted by atomic mass is 32.2. The number of aryl methyl sites for hydroxylation is 1. The van der Waals surface area contributed by atoms with Gasteiger partial charge in [-0.1, -0.05) is 18.7 Å². The molecule has 2 aromatic heterocycles. The third kappa shape index (κ3) is 3.64. The maximum atomic E-state index is 12.6. The van der Waals surface area contributed by atoms with Crippen LogP contribution in [0, 0.1) is 11.3 Å². The molecule has 0 atom stereocenters. The topological polar surface area (TPSA) is 67.9 Å². The van der Waals surface area contributed by atoms with Crippen LogP contribution in [0.5, 0.6) is 0 Å². The molecule has 2 heterocycles. The number of hydrogen-bond acceptors (Lipinski definition) is 6. The van der Waals surface area contributed by atoms with Gasteiger partial charge in [-0.05, 0) is 18.9 Å². The van der Waals surface area contributed by atoms with Gasteiger partial charge in [-0.2, -0.15) is 5.26 Å². The van der Waals surface area contributed by atoms with Crippen molar-refractivity contribution in [3.05, 3.63) is 21.3 Å². The Morgan fingerprint density at radius 1 is 1.57 bits per heavy atom. The van der Waals surface area contributed by atoms with Crippen LogP contribution >= 0.6 is 23.1 Å². The molecule has 0 amide bonds. The van der Waals surface area contributed by atoms with Crippen molar-refractivity contribution >= 4 is 33.3 Å². The van der Waals surface area contributed by atoms with E-state index in [1.807, 2.05) is 6.07 Å². The molecule has 0 aliphatic heterocycles. The van der Waals surface area contributed by atoms with E-state index in [2.05, 4.69) is 18.0 Å². The summed E-state index contributed by atoms with van der Waals surface area (Å²) in [5.74, 6) is 0.286.